The average molecular weight is 273 g/mol. The number of hydrogen-bond donors (Lipinski definition) is 3. The van der Waals surface area contributed by atoms with Gasteiger partial charge in [-0.05, 0) is 43.6 Å². The highest BCUT2D eigenvalue weighted by Crippen LogP contribution is 2.24. The molecular weight excluding hydrogens is 250 g/mol. The van der Waals surface area contributed by atoms with E-state index in [2.05, 4.69) is 10.5 Å². The Morgan fingerprint density at radius 3 is 2.67 bits per heavy atom. The third-order valence-corrected chi connectivity index (χ3v) is 4.82. The molecule has 1 amide bonds. The van der Waals surface area contributed by atoms with Gasteiger partial charge in [0.25, 0.3) is 0 Å². The van der Waals surface area contributed by atoms with Crippen molar-refractivity contribution in [1.82, 2.24) is 5.32 Å². The van der Waals surface area contributed by atoms with E-state index in [4.69, 9.17) is 10.9 Å². The van der Waals surface area contributed by atoms with E-state index < -0.39 is 5.41 Å². The van der Waals surface area contributed by atoms with E-state index in [9.17, 15) is 4.79 Å². The van der Waals surface area contributed by atoms with Crippen LogP contribution in [0.3, 0.4) is 0 Å². The monoisotopic (exact) mass is 273 g/mol. The number of amides is 1. The molecule has 104 valence electrons. The first-order chi connectivity index (χ1) is 8.54. The molecule has 1 atom stereocenters. The second kappa shape index (κ2) is 6.87. The van der Waals surface area contributed by atoms with Crippen LogP contribution >= 0.6 is 11.8 Å². The molecule has 0 spiro atoms. The molecule has 0 aromatic carbocycles. The van der Waals surface area contributed by atoms with E-state index in [-0.39, 0.29) is 11.7 Å². The standard InChI is InChI=1S/C12H23N3O2S/c1-3-12(2,10(13)15-17)11(16)14-8-9-4-6-18-7-5-9/h9,17H,3-8H2,1-2H3,(H2,13,15)(H,14,16). The van der Waals surface area contributed by atoms with Crippen LogP contribution in [-0.4, -0.2) is 35.0 Å². The number of amidine groups is 1. The Balaban J connectivity index is 2.52. The summed E-state index contributed by atoms with van der Waals surface area (Å²) in [7, 11) is 0. The third kappa shape index (κ3) is 3.54. The molecule has 0 bridgehead atoms. The molecule has 1 rings (SSSR count). The second-order valence-corrected chi connectivity index (χ2v) is 6.16. The summed E-state index contributed by atoms with van der Waals surface area (Å²) in [5.41, 5.74) is 4.69. The second-order valence-electron chi connectivity index (χ2n) is 4.94. The normalized spacial score (nSPS) is 21.3. The zero-order valence-corrected chi connectivity index (χ0v) is 11.9. The van der Waals surface area contributed by atoms with Crippen molar-refractivity contribution in [1.29, 1.82) is 0 Å². The van der Waals surface area contributed by atoms with Crippen molar-refractivity contribution >= 4 is 23.5 Å². The first kappa shape index (κ1) is 15.1. The van der Waals surface area contributed by atoms with E-state index >= 15 is 0 Å². The molecule has 1 saturated heterocycles. The van der Waals surface area contributed by atoms with Crippen LogP contribution < -0.4 is 11.1 Å². The summed E-state index contributed by atoms with van der Waals surface area (Å²) in [6.07, 6.45) is 2.81. The van der Waals surface area contributed by atoms with Gasteiger partial charge < -0.3 is 16.3 Å². The summed E-state index contributed by atoms with van der Waals surface area (Å²) < 4.78 is 0. The fraction of sp³-hybridized carbons (Fsp3) is 0.833. The summed E-state index contributed by atoms with van der Waals surface area (Å²) in [4.78, 5) is 12.2. The molecule has 0 saturated carbocycles. The maximum absolute atomic E-state index is 12.2. The van der Waals surface area contributed by atoms with E-state index in [1.807, 2.05) is 18.7 Å². The largest absolute Gasteiger partial charge is 0.409 e. The topological polar surface area (TPSA) is 87.7 Å². The predicted molar refractivity (Wildman–Crippen MR) is 74.9 cm³/mol. The Morgan fingerprint density at radius 2 is 2.17 bits per heavy atom. The number of nitrogens with one attached hydrogen (secondary N) is 1. The lowest BCUT2D eigenvalue weighted by Crippen LogP contribution is -2.48. The molecule has 0 aromatic heterocycles. The summed E-state index contributed by atoms with van der Waals surface area (Å²) in [6.45, 7) is 4.25. The van der Waals surface area contributed by atoms with Gasteiger partial charge >= 0.3 is 0 Å². The quantitative estimate of drug-likeness (QED) is 0.306. The van der Waals surface area contributed by atoms with E-state index in [0.717, 1.165) is 12.8 Å². The summed E-state index contributed by atoms with van der Waals surface area (Å²) in [5.74, 6) is 2.72. The number of carbonyl (C=O) groups is 1. The van der Waals surface area contributed by atoms with Gasteiger partial charge in [0.1, 0.15) is 5.41 Å². The lowest BCUT2D eigenvalue weighted by molar-refractivity contribution is -0.127. The molecule has 1 aliphatic heterocycles. The number of hydrogen-bond acceptors (Lipinski definition) is 4. The minimum absolute atomic E-state index is 0.0262. The highest BCUT2D eigenvalue weighted by molar-refractivity contribution is 7.99. The smallest absolute Gasteiger partial charge is 0.233 e. The predicted octanol–water partition coefficient (Wildman–Crippen LogP) is 1.41. The van der Waals surface area contributed by atoms with E-state index in [1.165, 1.54) is 11.5 Å². The Morgan fingerprint density at radius 1 is 1.56 bits per heavy atom. The average Bonchev–Trinajstić information content (AvgIpc) is 2.43. The van der Waals surface area contributed by atoms with E-state index in [0.29, 0.717) is 18.9 Å². The number of oxime groups is 1. The number of rotatable bonds is 5. The van der Waals surface area contributed by atoms with Crippen molar-refractivity contribution in [2.45, 2.75) is 33.1 Å². The van der Waals surface area contributed by atoms with Crippen molar-refractivity contribution in [3.63, 3.8) is 0 Å². The molecule has 0 radical (unpaired) electrons. The maximum atomic E-state index is 12.2. The van der Waals surface area contributed by atoms with Gasteiger partial charge in [0.2, 0.25) is 5.91 Å². The lowest BCUT2D eigenvalue weighted by Gasteiger charge is -2.27. The summed E-state index contributed by atoms with van der Waals surface area (Å²) in [5, 5.41) is 14.7. The zero-order valence-electron chi connectivity index (χ0n) is 11.1. The third-order valence-electron chi connectivity index (χ3n) is 3.77. The Hall–Kier alpha value is -0.910. The first-order valence-electron chi connectivity index (χ1n) is 6.38. The molecule has 5 nitrogen and oxygen atoms in total. The van der Waals surface area contributed by atoms with Crippen molar-refractivity contribution in [3.8, 4) is 0 Å². The Labute approximate surface area is 113 Å². The van der Waals surface area contributed by atoms with E-state index in [1.54, 1.807) is 6.92 Å². The molecule has 1 heterocycles. The lowest BCUT2D eigenvalue weighted by atomic mass is 9.85. The van der Waals surface area contributed by atoms with Crippen LogP contribution in [0.15, 0.2) is 5.16 Å². The molecular formula is C12H23N3O2S. The van der Waals surface area contributed by atoms with Crippen LogP contribution in [0.5, 0.6) is 0 Å². The molecule has 18 heavy (non-hydrogen) atoms. The maximum Gasteiger partial charge on any atom is 0.233 e. The van der Waals surface area contributed by atoms with Crippen molar-refractivity contribution in [3.05, 3.63) is 0 Å². The minimum Gasteiger partial charge on any atom is -0.409 e. The fourth-order valence-corrected chi connectivity index (χ4v) is 3.16. The zero-order chi connectivity index (χ0) is 13.6. The number of carbonyl (C=O) groups excluding carboxylic acids is 1. The molecule has 1 aliphatic rings. The molecule has 0 aliphatic carbocycles. The number of nitrogens with zero attached hydrogens (tertiary/aromatic N) is 1. The van der Waals surface area contributed by atoms with Crippen LogP contribution in [0.4, 0.5) is 0 Å². The van der Waals surface area contributed by atoms with Gasteiger partial charge in [-0.2, -0.15) is 11.8 Å². The van der Waals surface area contributed by atoms with Gasteiger partial charge in [-0.3, -0.25) is 4.79 Å². The molecule has 1 unspecified atom stereocenters. The first-order valence-corrected chi connectivity index (χ1v) is 7.54. The van der Waals surface area contributed by atoms with Gasteiger partial charge in [0, 0.05) is 6.54 Å². The molecule has 1 fully saturated rings. The van der Waals surface area contributed by atoms with Gasteiger partial charge in [0.05, 0.1) is 0 Å². The minimum atomic E-state index is -0.918. The van der Waals surface area contributed by atoms with Gasteiger partial charge in [-0.15, -0.1) is 0 Å². The van der Waals surface area contributed by atoms with Crippen molar-refractivity contribution in [2.75, 3.05) is 18.1 Å². The number of thioether (sulfide) groups is 1. The van der Waals surface area contributed by atoms with Gasteiger partial charge in [-0.1, -0.05) is 12.1 Å². The van der Waals surface area contributed by atoms with Crippen molar-refractivity contribution < 1.29 is 10.0 Å². The fourth-order valence-electron chi connectivity index (χ4n) is 1.95. The van der Waals surface area contributed by atoms with Gasteiger partial charge in [0.15, 0.2) is 5.84 Å². The summed E-state index contributed by atoms with van der Waals surface area (Å²) in [6, 6.07) is 0. The number of nitrogens with two attached hydrogens (primary N) is 1. The highest BCUT2D eigenvalue weighted by Gasteiger charge is 2.36. The van der Waals surface area contributed by atoms with Crippen LogP contribution in [0, 0.1) is 11.3 Å². The summed E-state index contributed by atoms with van der Waals surface area (Å²) >= 11 is 1.97. The van der Waals surface area contributed by atoms with Crippen LogP contribution in [0.25, 0.3) is 0 Å². The highest BCUT2D eigenvalue weighted by atomic mass is 32.2. The SMILES string of the molecule is CCC(C)(C(=O)NCC1CCSCC1)C(N)=NO. The Kier molecular flexibility index (Phi) is 5.78. The van der Waals surface area contributed by atoms with Gasteiger partial charge in [-0.25, -0.2) is 0 Å². The molecule has 0 aromatic rings. The van der Waals surface area contributed by atoms with Crippen molar-refractivity contribution in [2.24, 2.45) is 22.2 Å². The van der Waals surface area contributed by atoms with Crippen LogP contribution in [-0.2, 0) is 4.79 Å². The Bertz CT molecular complexity index is 316. The van der Waals surface area contributed by atoms with Crippen LogP contribution in [0.2, 0.25) is 0 Å². The molecule has 4 N–H and O–H groups in total. The van der Waals surface area contributed by atoms with Crippen LogP contribution in [0.1, 0.15) is 33.1 Å². The molecule has 6 heteroatoms.